The summed E-state index contributed by atoms with van der Waals surface area (Å²) >= 11 is 6.24. The molecule has 0 radical (unpaired) electrons. The van der Waals surface area contributed by atoms with Gasteiger partial charge in [-0.3, -0.25) is 9.59 Å². The van der Waals surface area contributed by atoms with Crippen molar-refractivity contribution in [2.24, 2.45) is 0 Å². The Bertz CT molecular complexity index is 822. The Kier molecular flexibility index (Phi) is 8.06. The van der Waals surface area contributed by atoms with Crippen molar-refractivity contribution in [2.45, 2.75) is 59.2 Å². The highest BCUT2D eigenvalue weighted by molar-refractivity contribution is 6.31. The van der Waals surface area contributed by atoms with Crippen LogP contribution in [0.5, 0.6) is 0 Å². The molecule has 2 aromatic carbocycles. The van der Waals surface area contributed by atoms with Crippen LogP contribution in [-0.4, -0.2) is 28.8 Å². The lowest BCUT2D eigenvalue weighted by Gasteiger charge is -2.30. The van der Waals surface area contributed by atoms with Gasteiger partial charge in [-0.05, 0) is 49.9 Å². The quantitative estimate of drug-likeness (QED) is 0.708. The minimum atomic E-state index is -0.580. The monoisotopic (exact) mass is 400 g/mol. The van der Waals surface area contributed by atoms with E-state index in [1.54, 1.807) is 17.9 Å². The van der Waals surface area contributed by atoms with Crippen molar-refractivity contribution in [1.29, 1.82) is 0 Å². The van der Waals surface area contributed by atoms with E-state index in [0.717, 1.165) is 23.1 Å². The fourth-order valence-corrected chi connectivity index (χ4v) is 3.13. The number of carbonyl (C=O) groups is 2. The summed E-state index contributed by atoms with van der Waals surface area (Å²) in [7, 11) is 0. The minimum Gasteiger partial charge on any atom is -0.352 e. The predicted octanol–water partition coefficient (Wildman–Crippen LogP) is 4.52. The maximum Gasteiger partial charge on any atom is 0.242 e. The van der Waals surface area contributed by atoms with Crippen molar-refractivity contribution < 1.29 is 9.59 Å². The summed E-state index contributed by atoms with van der Waals surface area (Å²) in [5, 5.41) is 3.54. The molecule has 5 heteroatoms. The molecule has 2 aromatic rings. The molecule has 2 rings (SSSR count). The molecule has 0 bridgehead atoms. The predicted molar refractivity (Wildman–Crippen MR) is 114 cm³/mol. The number of hydrogen-bond acceptors (Lipinski definition) is 2. The average molecular weight is 401 g/mol. The van der Waals surface area contributed by atoms with E-state index in [2.05, 4.69) is 5.32 Å². The van der Waals surface area contributed by atoms with Gasteiger partial charge in [-0.25, -0.2) is 0 Å². The lowest BCUT2D eigenvalue weighted by atomic mass is 10.1. The smallest absolute Gasteiger partial charge is 0.242 e. The largest absolute Gasteiger partial charge is 0.352 e. The number of aryl methyl sites for hydroxylation is 1. The Labute approximate surface area is 172 Å². The van der Waals surface area contributed by atoms with Crippen LogP contribution in [0.2, 0.25) is 5.02 Å². The molecule has 0 saturated heterocycles. The molecule has 4 nitrogen and oxygen atoms in total. The van der Waals surface area contributed by atoms with Gasteiger partial charge < -0.3 is 10.2 Å². The molecule has 0 fully saturated rings. The Morgan fingerprint density at radius 1 is 1.04 bits per heavy atom. The van der Waals surface area contributed by atoms with Crippen LogP contribution in [0.3, 0.4) is 0 Å². The Morgan fingerprint density at radius 3 is 2.25 bits per heavy atom. The van der Waals surface area contributed by atoms with E-state index in [-0.39, 0.29) is 24.3 Å². The number of halogens is 1. The van der Waals surface area contributed by atoms with E-state index >= 15 is 0 Å². The summed E-state index contributed by atoms with van der Waals surface area (Å²) in [6.07, 6.45) is 0.996. The van der Waals surface area contributed by atoms with Gasteiger partial charge in [0, 0.05) is 17.6 Å². The Balaban J connectivity index is 2.26. The highest BCUT2D eigenvalue weighted by atomic mass is 35.5. The molecule has 150 valence electrons. The van der Waals surface area contributed by atoms with Crippen LogP contribution in [0.4, 0.5) is 0 Å². The first-order valence-electron chi connectivity index (χ1n) is 9.71. The molecular formula is C23H29ClN2O2. The Morgan fingerprint density at radius 2 is 1.64 bits per heavy atom. The zero-order valence-electron chi connectivity index (χ0n) is 17.0. The summed E-state index contributed by atoms with van der Waals surface area (Å²) in [5.74, 6) is -0.265. The van der Waals surface area contributed by atoms with Crippen LogP contribution in [0.25, 0.3) is 0 Å². The first-order valence-corrected chi connectivity index (χ1v) is 10.1. The number of rotatable bonds is 8. The number of benzene rings is 2. The molecule has 0 aliphatic heterocycles. The van der Waals surface area contributed by atoms with E-state index in [1.165, 1.54) is 0 Å². The molecular weight excluding hydrogens is 372 g/mol. The fourth-order valence-electron chi connectivity index (χ4n) is 2.93. The summed E-state index contributed by atoms with van der Waals surface area (Å²) in [4.78, 5) is 27.5. The van der Waals surface area contributed by atoms with Crippen LogP contribution in [0.15, 0.2) is 48.5 Å². The van der Waals surface area contributed by atoms with Gasteiger partial charge in [0.25, 0.3) is 0 Å². The van der Waals surface area contributed by atoms with Crippen molar-refractivity contribution in [3.05, 3.63) is 70.2 Å². The minimum absolute atomic E-state index is 0.0638. The normalized spacial score (nSPS) is 12.9. The first-order chi connectivity index (χ1) is 13.3. The molecule has 0 heterocycles. The summed E-state index contributed by atoms with van der Waals surface area (Å²) in [5.41, 5.74) is 2.88. The third kappa shape index (κ3) is 5.83. The van der Waals surface area contributed by atoms with E-state index in [4.69, 9.17) is 11.6 Å². The number of nitrogens with one attached hydrogen (secondary N) is 1. The van der Waals surface area contributed by atoms with E-state index in [0.29, 0.717) is 11.6 Å². The van der Waals surface area contributed by atoms with Gasteiger partial charge in [-0.2, -0.15) is 0 Å². The van der Waals surface area contributed by atoms with Gasteiger partial charge in [0.1, 0.15) is 6.04 Å². The standard InChI is InChI=1S/C23H29ClN2O2/c1-5-17(3)25-23(28)18(4)26(15-20-12-7-6-10-16(20)2)22(27)14-19-11-8-9-13-21(19)24/h6-13,17-18H,5,14-15H2,1-4H3,(H,25,28)/t17-,18-/m1/s1. The number of carbonyl (C=O) groups excluding carboxylic acids is 2. The zero-order chi connectivity index (χ0) is 20.7. The molecule has 0 unspecified atom stereocenters. The van der Waals surface area contributed by atoms with E-state index in [9.17, 15) is 9.59 Å². The van der Waals surface area contributed by atoms with Crippen molar-refractivity contribution in [3.8, 4) is 0 Å². The second kappa shape index (κ2) is 10.3. The van der Waals surface area contributed by atoms with Gasteiger partial charge >= 0.3 is 0 Å². The molecule has 28 heavy (non-hydrogen) atoms. The highest BCUT2D eigenvalue weighted by Crippen LogP contribution is 2.19. The van der Waals surface area contributed by atoms with Crippen LogP contribution in [0, 0.1) is 6.92 Å². The number of amides is 2. The van der Waals surface area contributed by atoms with Gasteiger partial charge in [-0.1, -0.05) is 61.0 Å². The van der Waals surface area contributed by atoms with Gasteiger partial charge in [0.15, 0.2) is 0 Å². The second-order valence-electron chi connectivity index (χ2n) is 7.21. The summed E-state index contributed by atoms with van der Waals surface area (Å²) in [6, 6.07) is 14.7. The van der Waals surface area contributed by atoms with Crippen molar-refractivity contribution in [1.82, 2.24) is 10.2 Å². The lowest BCUT2D eigenvalue weighted by molar-refractivity contribution is -0.140. The SMILES string of the molecule is CC[C@@H](C)NC(=O)[C@@H](C)N(Cc1ccccc1C)C(=O)Cc1ccccc1Cl. The van der Waals surface area contributed by atoms with Crippen molar-refractivity contribution in [2.75, 3.05) is 0 Å². The van der Waals surface area contributed by atoms with E-state index < -0.39 is 6.04 Å². The average Bonchev–Trinajstić information content (AvgIpc) is 2.68. The number of nitrogens with zero attached hydrogens (tertiary/aromatic N) is 1. The molecule has 0 aliphatic carbocycles. The molecule has 0 saturated carbocycles. The van der Waals surface area contributed by atoms with E-state index in [1.807, 2.05) is 63.2 Å². The molecule has 0 spiro atoms. The van der Waals surface area contributed by atoms with Crippen LogP contribution in [-0.2, 0) is 22.6 Å². The summed E-state index contributed by atoms with van der Waals surface area (Å²) < 4.78 is 0. The molecule has 0 aromatic heterocycles. The summed E-state index contributed by atoms with van der Waals surface area (Å²) in [6.45, 7) is 8.15. The maximum atomic E-state index is 13.2. The third-order valence-electron chi connectivity index (χ3n) is 5.07. The van der Waals surface area contributed by atoms with Gasteiger partial charge in [0.2, 0.25) is 11.8 Å². The van der Waals surface area contributed by atoms with Gasteiger partial charge in [-0.15, -0.1) is 0 Å². The van der Waals surface area contributed by atoms with Gasteiger partial charge in [0.05, 0.1) is 6.42 Å². The Hall–Kier alpha value is -2.33. The maximum absolute atomic E-state index is 13.2. The molecule has 2 amide bonds. The molecule has 1 N–H and O–H groups in total. The van der Waals surface area contributed by atoms with Crippen molar-refractivity contribution >= 4 is 23.4 Å². The zero-order valence-corrected chi connectivity index (χ0v) is 17.8. The second-order valence-corrected chi connectivity index (χ2v) is 7.62. The van der Waals surface area contributed by atoms with Crippen LogP contribution >= 0.6 is 11.6 Å². The van der Waals surface area contributed by atoms with Crippen LogP contribution in [0.1, 0.15) is 43.9 Å². The highest BCUT2D eigenvalue weighted by Gasteiger charge is 2.27. The molecule has 0 aliphatic rings. The lowest BCUT2D eigenvalue weighted by Crippen LogP contribution is -2.50. The topological polar surface area (TPSA) is 49.4 Å². The van der Waals surface area contributed by atoms with Crippen LogP contribution < -0.4 is 5.32 Å². The number of hydrogen-bond donors (Lipinski definition) is 1. The van der Waals surface area contributed by atoms with Crippen molar-refractivity contribution in [3.63, 3.8) is 0 Å². The molecule has 2 atom stereocenters. The first kappa shape index (κ1) is 22.0. The fraction of sp³-hybridized carbons (Fsp3) is 0.391. The third-order valence-corrected chi connectivity index (χ3v) is 5.44.